The lowest BCUT2D eigenvalue weighted by molar-refractivity contribution is -0.127. The third-order valence-electron chi connectivity index (χ3n) is 4.86. The normalized spacial score (nSPS) is 19.3. The van der Waals surface area contributed by atoms with Crippen LogP contribution in [0.1, 0.15) is 59.8 Å². The number of carbonyl (C=O) groups excluding carboxylic acids is 1. The van der Waals surface area contributed by atoms with E-state index in [2.05, 4.69) is 33.0 Å². The molecule has 124 valence electrons. The van der Waals surface area contributed by atoms with Crippen LogP contribution in [-0.2, 0) is 9.53 Å². The highest BCUT2D eigenvalue weighted by atomic mass is 16.5. The third kappa shape index (κ3) is 6.82. The Bertz CT molecular complexity index is 300. The number of hydrogen-bond donors (Lipinski definition) is 1. The summed E-state index contributed by atoms with van der Waals surface area (Å²) in [4.78, 5) is 11.9. The minimum Gasteiger partial charge on any atom is -0.381 e. The summed E-state index contributed by atoms with van der Waals surface area (Å²) in [5.74, 6) is 2.85. The highest BCUT2D eigenvalue weighted by Crippen LogP contribution is 2.37. The van der Waals surface area contributed by atoms with Gasteiger partial charge < -0.3 is 10.1 Å². The zero-order valence-corrected chi connectivity index (χ0v) is 14.7. The number of carbonyl (C=O) groups is 1. The van der Waals surface area contributed by atoms with Crippen LogP contribution in [0.4, 0.5) is 0 Å². The zero-order chi connectivity index (χ0) is 15.8. The number of nitrogens with one attached hydrogen (secondary N) is 1. The van der Waals surface area contributed by atoms with Crippen molar-refractivity contribution >= 4 is 5.91 Å². The first kappa shape index (κ1) is 18.5. The predicted molar refractivity (Wildman–Crippen MR) is 88.1 cm³/mol. The Hall–Kier alpha value is -0.570. The molecule has 21 heavy (non-hydrogen) atoms. The van der Waals surface area contributed by atoms with Crippen molar-refractivity contribution in [1.82, 2.24) is 5.32 Å². The summed E-state index contributed by atoms with van der Waals surface area (Å²) in [5.41, 5.74) is 0. The third-order valence-corrected chi connectivity index (χ3v) is 4.86. The Morgan fingerprint density at radius 3 is 2.38 bits per heavy atom. The van der Waals surface area contributed by atoms with Crippen molar-refractivity contribution in [3.05, 3.63) is 0 Å². The smallest absolute Gasteiger partial charge is 0.223 e. The average Bonchev–Trinajstić information content (AvgIpc) is 3.26. The van der Waals surface area contributed by atoms with Gasteiger partial charge in [0.2, 0.25) is 5.91 Å². The molecule has 1 amide bonds. The first-order valence-electron chi connectivity index (χ1n) is 8.78. The van der Waals surface area contributed by atoms with Crippen LogP contribution in [0.15, 0.2) is 0 Å². The number of rotatable bonds is 11. The van der Waals surface area contributed by atoms with Crippen LogP contribution in [0.3, 0.4) is 0 Å². The molecule has 0 bridgehead atoms. The molecule has 1 aliphatic carbocycles. The molecule has 1 fully saturated rings. The van der Waals surface area contributed by atoms with E-state index in [4.69, 9.17) is 4.74 Å². The molecule has 1 saturated carbocycles. The summed E-state index contributed by atoms with van der Waals surface area (Å²) in [6.07, 6.45) is 6.13. The monoisotopic (exact) mass is 297 g/mol. The van der Waals surface area contributed by atoms with Gasteiger partial charge in [-0.3, -0.25) is 4.79 Å². The van der Waals surface area contributed by atoms with Crippen LogP contribution in [0.2, 0.25) is 0 Å². The van der Waals surface area contributed by atoms with Gasteiger partial charge in [-0.05, 0) is 36.5 Å². The minimum absolute atomic E-state index is 0.0842. The fourth-order valence-corrected chi connectivity index (χ4v) is 3.01. The van der Waals surface area contributed by atoms with Crippen molar-refractivity contribution in [2.45, 2.75) is 59.8 Å². The van der Waals surface area contributed by atoms with E-state index in [9.17, 15) is 4.79 Å². The molecular formula is C18H35NO2. The fourth-order valence-electron chi connectivity index (χ4n) is 3.01. The summed E-state index contributed by atoms with van der Waals surface area (Å²) in [7, 11) is 1.73. The van der Waals surface area contributed by atoms with Gasteiger partial charge in [0.25, 0.3) is 0 Å². The van der Waals surface area contributed by atoms with E-state index < -0.39 is 0 Å². The van der Waals surface area contributed by atoms with E-state index in [1.54, 1.807) is 7.05 Å². The van der Waals surface area contributed by atoms with Crippen LogP contribution < -0.4 is 5.32 Å². The quantitative estimate of drug-likeness (QED) is 0.628. The maximum Gasteiger partial charge on any atom is 0.223 e. The standard InChI is InChI=1S/C18H35NO2/c1-6-7-17(18(20)19-5)14(4)11-21-12-16(13(2)3)10-15-8-9-15/h13-17H,6-12H2,1-5H3,(H,19,20)/t14?,16-,17+/m0/s1. The van der Waals surface area contributed by atoms with Crippen LogP contribution in [-0.4, -0.2) is 26.2 Å². The predicted octanol–water partition coefficient (Wildman–Crippen LogP) is 3.87. The van der Waals surface area contributed by atoms with E-state index in [1.807, 2.05) is 0 Å². The number of amides is 1. The van der Waals surface area contributed by atoms with Crippen LogP contribution >= 0.6 is 0 Å². The van der Waals surface area contributed by atoms with Crippen molar-refractivity contribution in [1.29, 1.82) is 0 Å². The van der Waals surface area contributed by atoms with Gasteiger partial charge in [-0.2, -0.15) is 0 Å². The molecule has 0 aliphatic heterocycles. The molecule has 1 unspecified atom stereocenters. The Morgan fingerprint density at radius 1 is 1.24 bits per heavy atom. The van der Waals surface area contributed by atoms with Gasteiger partial charge in [0.05, 0.1) is 0 Å². The van der Waals surface area contributed by atoms with Crippen molar-refractivity contribution in [3.63, 3.8) is 0 Å². The van der Waals surface area contributed by atoms with Crippen molar-refractivity contribution in [2.24, 2.45) is 29.6 Å². The fraction of sp³-hybridized carbons (Fsp3) is 0.944. The van der Waals surface area contributed by atoms with Gasteiger partial charge in [-0.1, -0.05) is 47.0 Å². The van der Waals surface area contributed by atoms with Gasteiger partial charge in [0.15, 0.2) is 0 Å². The Morgan fingerprint density at radius 2 is 1.90 bits per heavy atom. The van der Waals surface area contributed by atoms with Gasteiger partial charge >= 0.3 is 0 Å². The topological polar surface area (TPSA) is 38.3 Å². The number of hydrogen-bond acceptors (Lipinski definition) is 2. The molecule has 0 aromatic heterocycles. The number of ether oxygens (including phenoxy) is 1. The SMILES string of the molecule is CCC[C@@H](C(=O)NC)C(C)COC[C@H](CC1CC1)C(C)C. The van der Waals surface area contributed by atoms with Gasteiger partial charge in [0.1, 0.15) is 0 Å². The molecule has 3 atom stereocenters. The van der Waals surface area contributed by atoms with E-state index in [0.29, 0.717) is 24.4 Å². The van der Waals surface area contributed by atoms with E-state index in [-0.39, 0.29) is 11.8 Å². The summed E-state index contributed by atoms with van der Waals surface area (Å²) in [5, 5.41) is 2.79. The van der Waals surface area contributed by atoms with Crippen molar-refractivity contribution < 1.29 is 9.53 Å². The molecule has 1 N–H and O–H groups in total. The lowest BCUT2D eigenvalue weighted by atomic mass is 9.89. The summed E-state index contributed by atoms with van der Waals surface area (Å²) >= 11 is 0. The molecular weight excluding hydrogens is 262 g/mol. The van der Waals surface area contributed by atoms with E-state index >= 15 is 0 Å². The van der Waals surface area contributed by atoms with Gasteiger partial charge in [-0.25, -0.2) is 0 Å². The first-order chi connectivity index (χ1) is 9.99. The van der Waals surface area contributed by atoms with E-state index in [1.165, 1.54) is 19.3 Å². The lowest BCUT2D eigenvalue weighted by Gasteiger charge is -2.25. The highest BCUT2D eigenvalue weighted by Gasteiger charge is 2.28. The molecule has 1 aliphatic rings. The minimum atomic E-state index is 0.0842. The maximum atomic E-state index is 11.9. The molecule has 0 radical (unpaired) electrons. The van der Waals surface area contributed by atoms with Crippen molar-refractivity contribution in [3.8, 4) is 0 Å². The van der Waals surface area contributed by atoms with Gasteiger partial charge in [0, 0.05) is 26.2 Å². The van der Waals surface area contributed by atoms with Crippen LogP contribution in [0.5, 0.6) is 0 Å². The van der Waals surface area contributed by atoms with E-state index in [0.717, 1.165) is 25.4 Å². The maximum absolute atomic E-state index is 11.9. The molecule has 0 saturated heterocycles. The Kier molecular flexibility index (Phi) is 8.31. The summed E-state index contributed by atoms with van der Waals surface area (Å²) in [6, 6.07) is 0. The second-order valence-corrected chi connectivity index (χ2v) is 7.21. The summed E-state index contributed by atoms with van der Waals surface area (Å²) < 4.78 is 5.99. The molecule has 0 heterocycles. The largest absolute Gasteiger partial charge is 0.381 e. The first-order valence-corrected chi connectivity index (χ1v) is 8.78. The second kappa shape index (κ2) is 9.45. The summed E-state index contributed by atoms with van der Waals surface area (Å²) in [6.45, 7) is 10.4. The van der Waals surface area contributed by atoms with Crippen LogP contribution in [0, 0.1) is 29.6 Å². The Balaban J connectivity index is 2.34. The molecule has 0 aromatic carbocycles. The lowest BCUT2D eigenvalue weighted by Crippen LogP contribution is -2.34. The highest BCUT2D eigenvalue weighted by molar-refractivity contribution is 5.78. The van der Waals surface area contributed by atoms with Crippen molar-refractivity contribution in [2.75, 3.05) is 20.3 Å². The molecule has 1 rings (SSSR count). The van der Waals surface area contributed by atoms with Crippen LogP contribution in [0.25, 0.3) is 0 Å². The second-order valence-electron chi connectivity index (χ2n) is 7.21. The molecule has 3 heteroatoms. The molecule has 0 spiro atoms. The van der Waals surface area contributed by atoms with Gasteiger partial charge in [-0.15, -0.1) is 0 Å². The molecule has 0 aromatic rings. The zero-order valence-electron chi connectivity index (χ0n) is 14.7. The average molecular weight is 297 g/mol. The molecule has 3 nitrogen and oxygen atoms in total. The Labute approximate surface area is 131 Å².